The fourth-order valence-electron chi connectivity index (χ4n) is 2.92. The number of fused-ring (bicyclic) bond motifs is 2. The summed E-state index contributed by atoms with van der Waals surface area (Å²) in [5, 5.41) is 3.51. The Hall–Kier alpha value is -1.30. The number of anilines is 1. The Morgan fingerprint density at radius 1 is 1.21 bits per heavy atom. The molecule has 0 aromatic carbocycles. The van der Waals surface area contributed by atoms with Gasteiger partial charge in [0.25, 0.3) is 0 Å². The monoisotopic (exact) mass is 271 g/mol. The Morgan fingerprint density at radius 2 is 2.00 bits per heavy atom. The van der Waals surface area contributed by atoms with Crippen LogP contribution in [0.15, 0.2) is 18.3 Å². The summed E-state index contributed by atoms with van der Waals surface area (Å²) in [6.07, 6.45) is 0.179. The number of hydrogen-bond donors (Lipinski definition) is 1. The van der Waals surface area contributed by atoms with Crippen molar-refractivity contribution in [3.05, 3.63) is 23.9 Å². The summed E-state index contributed by atoms with van der Waals surface area (Å²) in [7, 11) is 0. The molecule has 0 radical (unpaired) electrons. The maximum atomic E-state index is 12.7. The highest BCUT2D eigenvalue weighted by Gasteiger charge is 2.33. The molecule has 0 amide bonds. The smallest absolute Gasteiger partial charge is 0.355 e. The predicted octanol–water partition coefficient (Wildman–Crippen LogP) is 2.43. The Kier molecular flexibility index (Phi) is 3.12. The molecule has 3 rings (SSSR count). The van der Waals surface area contributed by atoms with Crippen LogP contribution in [0.4, 0.5) is 19.0 Å². The summed E-state index contributed by atoms with van der Waals surface area (Å²) in [6, 6.07) is 3.06. The van der Waals surface area contributed by atoms with Crippen molar-refractivity contribution >= 4 is 5.82 Å². The van der Waals surface area contributed by atoms with Gasteiger partial charge in [-0.2, -0.15) is 13.2 Å². The van der Waals surface area contributed by atoms with Crippen LogP contribution in [0.25, 0.3) is 0 Å². The number of aromatic nitrogens is 1. The van der Waals surface area contributed by atoms with Gasteiger partial charge in [-0.05, 0) is 31.4 Å². The molecule has 2 unspecified atom stereocenters. The van der Waals surface area contributed by atoms with Crippen molar-refractivity contribution in [2.24, 2.45) is 0 Å². The van der Waals surface area contributed by atoms with Gasteiger partial charge < -0.3 is 10.2 Å². The van der Waals surface area contributed by atoms with Gasteiger partial charge in [-0.1, -0.05) is 0 Å². The molecule has 0 spiro atoms. The first kappa shape index (κ1) is 12.7. The molecule has 3 heterocycles. The number of halogens is 3. The molecule has 2 saturated heterocycles. The fourth-order valence-corrected chi connectivity index (χ4v) is 2.92. The van der Waals surface area contributed by atoms with Crippen molar-refractivity contribution < 1.29 is 13.2 Å². The second-order valence-electron chi connectivity index (χ2n) is 5.27. The Bertz CT molecular complexity index is 461. The van der Waals surface area contributed by atoms with Crippen molar-refractivity contribution in [1.82, 2.24) is 10.3 Å². The summed E-state index contributed by atoms with van der Waals surface area (Å²) in [5.74, 6) is 0.434. The van der Waals surface area contributed by atoms with Crippen LogP contribution in [0.3, 0.4) is 0 Å². The quantitative estimate of drug-likeness (QED) is 0.850. The maximum Gasteiger partial charge on any atom is 0.416 e. The van der Waals surface area contributed by atoms with E-state index in [1.807, 2.05) is 4.90 Å². The molecule has 6 heteroatoms. The minimum Gasteiger partial charge on any atom is -0.355 e. The van der Waals surface area contributed by atoms with E-state index in [1.54, 1.807) is 0 Å². The van der Waals surface area contributed by atoms with Crippen LogP contribution in [-0.4, -0.2) is 30.2 Å². The first-order valence-electron chi connectivity index (χ1n) is 6.56. The third-order valence-corrected chi connectivity index (χ3v) is 3.92. The average molecular weight is 271 g/mol. The van der Waals surface area contributed by atoms with E-state index in [1.165, 1.54) is 12.6 Å². The summed E-state index contributed by atoms with van der Waals surface area (Å²) in [5.41, 5.74) is -0.625. The van der Waals surface area contributed by atoms with Crippen LogP contribution in [0, 0.1) is 0 Å². The molecule has 1 aromatic rings. The largest absolute Gasteiger partial charge is 0.416 e. The average Bonchev–Trinajstić information content (AvgIpc) is 2.68. The molecular weight excluding hydrogens is 255 g/mol. The molecule has 2 bridgehead atoms. The molecule has 0 aliphatic carbocycles. The molecule has 2 atom stereocenters. The highest BCUT2D eigenvalue weighted by atomic mass is 19.4. The fraction of sp³-hybridized carbons (Fsp3) is 0.615. The van der Waals surface area contributed by atoms with Gasteiger partial charge in [-0.15, -0.1) is 0 Å². The van der Waals surface area contributed by atoms with Crippen LogP contribution in [0.1, 0.15) is 24.8 Å². The number of nitrogens with zero attached hydrogens (tertiary/aromatic N) is 2. The highest BCUT2D eigenvalue weighted by Crippen LogP contribution is 2.31. The molecule has 2 fully saturated rings. The zero-order valence-corrected chi connectivity index (χ0v) is 10.5. The number of rotatable bonds is 1. The van der Waals surface area contributed by atoms with Crippen LogP contribution in [0.2, 0.25) is 0 Å². The lowest BCUT2D eigenvalue weighted by Crippen LogP contribution is -2.35. The molecule has 2 aliphatic heterocycles. The zero-order valence-electron chi connectivity index (χ0n) is 10.5. The first-order valence-corrected chi connectivity index (χ1v) is 6.56. The molecule has 1 N–H and O–H groups in total. The molecule has 104 valence electrons. The topological polar surface area (TPSA) is 28.2 Å². The van der Waals surface area contributed by atoms with E-state index < -0.39 is 11.7 Å². The SMILES string of the molecule is FC(F)(F)c1ccnc(N2CCC3CCC(C2)N3)c1. The van der Waals surface area contributed by atoms with Crippen molar-refractivity contribution in [2.75, 3.05) is 18.0 Å². The van der Waals surface area contributed by atoms with Crippen molar-refractivity contribution in [1.29, 1.82) is 0 Å². The van der Waals surface area contributed by atoms with Crippen molar-refractivity contribution in [3.63, 3.8) is 0 Å². The van der Waals surface area contributed by atoms with E-state index in [4.69, 9.17) is 0 Å². The third kappa shape index (κ3) is 2.68. The number of pyridine rings is 1. The van der Waals surface area contributed by atoms with Crippen LogP contribution in [-0.2, 0) is 6.18 Å². The number of hydrogen-bond acceptors (Lipinski definition) is 3. The van der Waals surface area contributed by atoms with Crippen LogP contribution in [0.5, 0.6) is 0 Å². The zero-order chi connectivity index (χ0) is 13.5. The third-order valence-electron chi connectivity index (χ3n) is 3.92. The molecule has 19 heavy (non-hydrogen) atoms. The Morgan fingerprint density at radius 3 is 2.79 bits per heavy atom. The second kappa shape index (κ2) is 4.67. The lowest BCUT2D eigenvalue weighted by Gasteiger charge is -2.25. The van der Waals surface area contributed by atoms with Gasteiger partial charge in [0.2, 0.25) is 0 Å². The highest BCUT2D eigenvalue weighted by molar-refractivity contribution is 5.42. The van der Waals surface area contributed by atoms with Crippen molar-refractivity contribution in [3.8, 4) is 0 Å². The second-order valence-corrected chi connectivity index (χ2v) is 5.27. The van der Waals surface area contributed by atoms with Gasteiger partial charge >= 0.3 is 6.18 Å². The summed E-state index contributed by atoms with van der Waals surface area (Å²) in [4.78, 5) is 6.06. The van der Waals surface area contributed by atoms with E-state index in [2.05, 4.69) is 10.3 Å². The lowest BCUT2D eigenvalue weighted by molar-refractivity contribution is -0.137. The van der Waals surface area contributed by atoms with Crippen LogP contribution >= 0.6 is 0 Å². The van der Waals surface area contributed by atoms with Gasteiger partial charge in [0.15, 0.2) is 0 Å². The minimum absolute atomic E-state index is 0.379. The van der Waals surface area contributed by atoms with E-state index in [9.17, 15) is 13.2 Å². The summed E-state index contributed by atoms with van der Waals surface area (Å²) >= 11 is 0. The van der Waals surface area contributed by atoms with E-state index >= 15 is 0 Å². The lowest BCUT2D eigenvalue weighted by atomic mass is 10.1. The standard InChI is InChI=1S/C13H16F3N3/c14-13(15,16)9-3-5-17-12(7-9)19-6-4-10-1-2-11(8-19)18-10/h3,5,7,10-11,18H,1-2,4,6,8H2. The van der Waals surface area contributed by atoms with Gasteiger partial charge in [0.05, 0.1) is 5.56 Å². The molecular formula is C13H16F3N3. The predicted molar refractivity (Wildman–Crippen MR) is 66.0 cm³/mol. The first-order chi connectivity index (χ1) is 9.02. The Balaban J connectivity index is 1.82. The molecule has 3 nitrogen and oxygen atoms in total. The molecule has 0 saturated carbocycles. The minimum atomic E-state index is -4.30. The van der Waals surface area contributed by atoms with Gasteiger partial charge in [-0.25, -0.2) is 4.98 Å². The number of nitrogens with one attached hydrogen (secondary N) is 1. The molecule has 2 aliphatic rings. The van der Waals surface area contributed by atoms with Gasteiger partial charge in [0.1, 0.15) is 5.82 Å². The van der Waals surface area contributed by atoms with E-state index in [0.29, 0.717) is 17.9 Å². The van der Waals surface area contributed by atoms with Gasteiger partial charge in [-0.3, -0.25) is 0 Å². The summed E-state index contributed by atoms with van der Waals surface area (Å²) in [6.45, 7) is 1.51. The van der Waals surface area contributed by atoms with Crippen LogP contribution < -0.4 is 10.2 Å². The normalized spacial score (nSPS) is 27.4. The maximum absolute atomic E-state index is 12.7. The van der Waals surface area contributed by atoms with Crippen molar-refractivity contribution in [2.45, 2.75) is 37.5 Å². The van der Waals surface area contributed by atoms with Gasteiger partial charge in [0, 0.05) is 31.4 Å². The Labute approximate surface area is 109 Å². The molecule has 1 aromatic heterocycles. The summed E-state index contributed by atoms with van der Waals surface area (Å²) < 4.78 is 38.1. The van der Waals surface area contributed by atoms with E-state index in [-0.39, 0.29) is 0 Å². The number of alkyl halides is 3. The van der Waals surface area contributed by atoms with E-state index in [0.717, 1.165) is 38.1 Å².